The Morgan fingerprint density at radius 3 is 2.05 bits per heavy atom. The zero-order chi connectivity index (χ0) is 17.1. The fourth-order valence-electron chi connectivity index (χ4n) is 2.13. The first-order valence-corrected chi connectivity index (χ1v) is 9.13. The third kappa shape index (κ3) is 5.42. The van der Waals surface area contributed by atoms with Gasteiger partial charge in [0.1, 0.15) is 0 Å². The molecule has 0 atom stereocenters. The molecule has 22 heavy (non-hydrogen) atoms. The molecule has 0 bridgehead atoms. The number of anilines is 1. The maximum atomic E-state index is 12.1. The monoisotopic (exact) mass is 326 g/mol. The summed E-state index contributed by atoms with van der Waals surface area (Å²) in [5.41, 5.74) is 1.20. The number of hydrogen-bond donors (Lipinski definition) is 1. The molecule has 0 heterocycles. The van der Waals surface area contributed by atoms with Gasteiger partial charge in [0.05, 0.1) is 12.8 Å². The molecular weight excluding hydrogens is 300 g/mol. The van der Waals surface area contributed by atoms with Crippen molar-refractivity contribution in [2.45, 2.75) is 46.1 Å². The lowest BCUT2D eigenvalue weighted by atomic mass is 10.0. The standard InChI is InChI=1S/C16H26N2O3S/c1-12(2)13-7-9-14(10-8-13)17-15(19)11-18(16(3,4)5)22(6,20)21/h7-10,12H,11H2,1-6H3,(H,17,19). The van der Waals surface area contributed by atoms with Crippen LogP contribution in [0.4, 0.5) is 5.69 Å². The molecule has 0 fully saturated rings. The van der Waals surface area contributed by atoms with E-state index in [2.05, 4.69) is 19.2 Å². The fraction of sp³-hybridized carbons (Fsp3) is 0.562. The van der Waals surface area contributed by atoms with Crippen LogP contribution in [0.3, 0.4) is 0 Å². The number of rotatable bonds is 5. The number of amides is 1. The smallest absolute Gasteiger partial charge is 0.239 e. The van der Waals surface area contributed by atoms with Gasteiger partial charge in [-0.1, -0.05) is 26.0 Å². The van der Waals surface area contributed by atoms with Gasteiger partial charge in [-0.25, -0.2) is 8.42 Å². The van der Waals surface area contributed by atoms with E-state index in [1.54, 1.807) is 20.8 Å². The number of nitrogens with zero attached hydrogens (tertiary/aromatic N) is 1. The molecule has 0 saturated carbocycles. The molecule has 1 rings (SSSR count). The predicted molar refractivity (Wildman–Crippen MR) is 90.5 cm³/mol. The van der Waals surface area contributed by atoms with Crippen molar-refractivity contribution in [2.75, 3.05) is 18.1 Å². The van der Waals surface area contributed by atoms with E-state index in [-0.39, 0.29) is 12.5 Å². The summed E-state index contributed by atoms with van der Waals surface area (Å²) in [5.74, 6) is 0.0732. The summed E-state index contributed by atoms with van der Waals surface area (Å²) in [6.07, 6.45) is 1.11. The van der Waals surface area contributed by atoms with Crippen molar-refractivity contribution in [3.8, 4) is 0 Å². The first-order chi connectivity index (χ1) is 9.91. The van der Waals surface area contributed by atoms with E-state index in [9.17, 15) is 13.2 Å². The van der Waals surface area contributed by atoms with Gasteiger partial charge in [-0.15, -0.1) is 0 Å². The van der Waals surface area contributed by atoms with E-state index in [1.165, 1.54) is 9.87 Å². The number of hydrogen-bond acceptors (Lipinski definition) is 3. The van der Waals surface area contributed by atoms with Crippen molar-refractivity contribution in [3.63, 3.8) is 0 Å². The van der Waals surface area contributed by atoms with Crippen molar-refractivity contribution >= 4 is 21.6 Å². The average molecular weight is 326 g/mol. The molecule has 0 unspecified atom stereocenters. The molecular formula is C16H26N2O3S. The zero-order valence-electron chi connectivity index (χ0n) is 14.2. The summed E-state index contributed by atoms with van der Waals surface area (Å²) < 4.78 is 24.9. The highest BCUT2D eigenvalue weighted by molar-refractivity contribution is 7.88. The Kier molecular flexibility index (Phi) is 5.76. The average Bonchev–Trinajstić information content (AvgIpc) is 2.34. The fourth-order valence-corrected chi connectivity index (χ4v) is 3.48. The van der Waals surface area contributed by atoms with E-state index in [0.717, 1.165) is 6.26 Å². The molecule has 124 valence electrons. The summed E-state index contributed by atoms with van der Waals surface area (Å²) in [6.45, 7) is 9.28. The van der Waals surface area contributed by atoms with E-state index in [4.69, 9.17) is 0 Å². The van der Waals surface area contributed by atoms with Crippen LogP contribution >= 0.6 is 0 Å². The number of nitrogens with one attached hydrogen (secondary N) is 1. The van der Waals surface area contributed by atoms with Gasteiger partial charge in [0.25, 0.3) is 0 Å². The number of carbonyl (C=O) groups is 1. The minimum absolute atomic E-state index is 0.200. The lowest BCUT2D eigenvalue weighted by Gasteiger charge is -2.32. The lowest BCUT2D eigenvalue weighted by molar-refractivity contribution is -0.117. The largest absolute Gasteiger partial charge is 0.325 e. The minimum atomic E-state index is -3.46. The van der Waals surface area contributed by atoms with E-state index < -0.39 is 15.6 Å². The summed E-state index contributed by atoms with van der Waals surface area (Å²) in [5, 5.41) is 2.74. The van der Waals surface area contributed by atoms with Crippen LogP contribution in [0.15, 0.2) is 24.3 Å². The van der Waals surface area contributed by atoms with Crippen molar-refractivity contribution < 1.29 is 13.2 Å². The third-order valence-corrected chi connectivity index (χ3v) is 4.77. The predicted octanol–water partition coefficient (Wildman–Crippen LogP) is 2.81. The Morgan fingerprint density at radius 2 is 1.68 bits per heavy atom. The van der Waals surface area contributed by atoms with Crippen LogP contribution in [0.5, 0.6) is 0 Å². The zero-order valence-corrected chi connectivity index (χ0v) is 15.0. The van der Waals surface area contributed by atoms with Gasteiger partial charge in [-0.2, -0.15) is 4.31 Å². The van der Waals surface area contributed by atoms with Crippen LogP contribution in [0.1, 0.15) is 46.1 Å². The van der Waals surface area contributed by atoms with Gasteiger partial charge in [0, 0.05) is 11.2 Å². The second kappa shape index (κ2) is 6.79. The van der Waals surface area contributed by atoms with Gasteiger partial charge in [-0.3, -0.25) is 4.79 Å². The Bertz CT molecular complexity index is 614. The molecule has 0 aliphatic rings. The van der Waals surface area contributed by atoms with Crippen LogP contribution in [-0.4, -0.2) is 37.0 Å². The first-order valence-electron chi connectivity index (χ1n) is 7.29. The molecule has 0 aliphatic carbocycles. The molecule has 6 heteroatoms. The van der Waals surface area contributed by atoms with Crippen LogP contribution < -0.4 is 5.32 Å². The molecule has 0 spiro atoms. The van der Waals surface area contributed by atoms with Gasteiger partial charge < -0.3 is 5.32 Å². The molecule has 0 radical (unpaired) electrons. The Hall–Kier alpha value is -1.40. The highest BCUT2D eigenvalue weighted by Crippen LogP contribution is 2.19. The van der Waals surface area contributed by atoms with Crippen molar-refractivity contribution in [2.24, 2.45) is 0 Å². The highest BCUT2D eigenvalue weighted by atomic mass is 32.2. The van der Waals surface area contributed by atoms with E-state index >= 15 is 0 Å². The molecule has 1 aromatic carbocycles. The molecule has 0 aromatic heterocycles. The van der Waals surface area contributed by atoms with Crippen LogP contribution in [-0.2, 0) is 14.8 Å². The van der Waals surface area contributed by atoms with Gasteiger partial charge in [0.2, 0.25) is 15.9 Å². The molecule has 5 nitrogen and oxygen atoms in total. The summed E-state index contributed by atoms with van der Waals surface area (Å²) in [7, 11) is -3.46. The number of carbonyl (C=O) groups excluding carboxylic acids is 1. The molecule has 1 aromatic rings. The minimum Gasteiger partial charge on any atom is -0.325 e. The van der Waals surface area contributed by atoms with Crippen LogP contribution in [0.25, 0.3) is 0 Å². The maximum absolute atomic E-state index is 12.1. The first kappa shape index (κ1) is 18.6. The van der Waals surface area contributed by atoms with Crippen molar-refractivity contribution in [1.29, 1.82) is 0 Å². The summed E-state index contributed by atoms with van der Waals surface area (Å²) >= 11 is 0. The second-order valence-electron chi connectivity index (χ2n) is 6.77. The Labute approximate surface area is 133 Å². The van der Waals surface area contributed by atoms with Crippen LogP contribution in [0, 0.1) is 0 Å². The second-order valence-corrected chi connectivity index (χ2v) is 8.67. The van der Waals surface area contributed by atoms with Gasteiger partial charge >= 0.3 is 0 Å². The molecule has 1 N–H and O–H groups in total. The van der Waals surface area contributed by atoms with Gasteiger partial charge in [0.15, 0.2) is 0 Å². The van der Waals surface area contributed by atoms with Crippen LogP contribution in [0.2, 0.25) is 0 Å². The quantitative estimate of drug-likeness (QED) is 0.905. The van der Waals surface area contributed by atoms with Crippen molar-refractivity contribution in [3.05, 3.63) is 29.8 Å². The Balaban J connectivity index is 2.80. The Morgan fingerprint density at radius 1 is 1.18 bits per heavy atom. The molecule has 0 saturated heterocycles. The normalized spacial score (nSPS) is 12.7. The van der Waals surface area contributed by atoms with Gasteiger partial charge in [-0.05, 0) is 44.4 Å². The highest BCUT2D eigenvalue weighted by Gasteiger charge is 2.31. The summed E-state index contributed by atoms with van der Waals surface area (Å²) in [4.78, 5) is 12.1. The van der Waals surface area contributed by atoms with Crippen molar-refractivity contribution in [1.82, 2.24) is 4.31 Å². The molecule has 1 amide bonds. The lowest BCUT2D eigenvalue weighted by Crippen LogP contribution is -2.48. The maximum Gasteiger partial charge on any atom is 0.239 e. The summed E-state index contributed by atoms with van der Waals surface area (Å²) in [6, 6.07) is 7.57. The molecule has 0 aliphatic heterocycles. The number of sulfonamides is 1. The topological polar surface area (TPSA) is 66.5 Å². The SMILES string of the molecule is CC(C)c1ccc(NC(=O)CN(C(C)(C)C)S(C)(=O)=O)cc1. The van der Waals surface area contributed by atoms with E-state index in [1.807, 2.05) is 24.3 Å². The van der Waals surface area contributed by atoms with E-state index in [0.29, 0.717) is 11.6 Å². The number of benzene rings is 1. The third-order valence-electron chi connectivity index (χ3n) is 3.30.